The van der Waals surface area contributed by atoms with E-state index in [-0.39, 0.29) is 30.1 Å². The zero-order valence-electron chi connectivity index (χ0n) is 21.1. The van der Waals surface area contributed by atoms with E-state index in [1.54, 1.807) is 21.9 Å². The molecule has 2 atom stereocenters. The number of rotatable bonds is 5. The molecule has 3 heterocycles. The molecule has 6 heteroatoms. The van der Waals surface area contributed by atoms with Gasteiger partial charge in [0.25, 0.3) is 5.91 Å². The third-order valence-corrected chi connectivity index (χ3v) is 8.19. The number of aryl methyl sites for hydroxylation is 1. The van der Waals surface area contributed by atoms with E-state index in [0.29, 0.717) is 19.5 Å². The number of amides is 2. The van der Waals surface area contributed by atoms with E-state index in [1.165, 1.54) is 17.7 Å². The highest BCUT2D eigenvalue weighted by Crippen LogP contribution is 2.48. The summed E-state index contributed by atoms with van der Waals surface area (Å²) in [6, 6.07) is 23.0. The summed E-state index contributed by atoms with van der Waals surface area (Å²) >= 11 is 0. The second-order valence-electron chi connectivity index (χ2n) is 10.3. The number of aromatic amines is 1. The van der Waals surface area contributed by atoms with E-state index in [9.17, 15) is 14.0 Å². The van der Waals surface area contributed by atoms with Crippen molar-refractivity contribution in [3.63, 3.8) is 0 Å². The van der Waals surface area contributed by atoms with Crippen molar-refractivity contribution in [3.8, 4) is 0 Å². The van der Waals surface area contributed by atoms with Gasteiger partial charge < -0.3 is 14.8 Å². The molecule has 2 aliphatic rings. The van der Waals surface area contributed by atoms with Crippen LogP contribution in [0, 0.1) is 5.82 Å². The number of nitrogens with zero attached hydrogens (tertiary/aromatic N) is 2. The molecule has 0 saturated carbocycles. The summed E-state index contributed by atoms with van der Waals surface area (Å²) in [7, 11) is 0. The smallest absolute Gasteiger partial charge is 0.254 e. The molecule has 4 aromatic rings. The molecular weight excluding hydrogens is 465 g/mol. The first kappa shape index (κ1) is 23.5. The average molecular weight is 496 g/mol. The molecule has 188 valence electrons. The van der Waals surface area contributed by atoms with Gasteiger partial charge in [-0.05, 0) is 60.2 Å². The number of piperazine rings is 1. The molecule has 3 aromatic carbocycles. The van der Waals surface area contributed by atoms with Gasteiger partial charge in [-0.3, -0.25) is 9.59 Å². The van der Waals surface area contributed by atoms with Crippen LogP contribution >= 0.6 is 0 Å². The lowest BCUT2D eigenvalue weighted by molar-refractivity contribution is -0.166. The number of hydrogen-bond donors (Lipinski definition) is 1. The first-order chi connectivity index (χ1) is 17.9. The molecule has 37 heavy (non-hydrogen) atoms. The van der Waals surface area contributed by atoms with E-state index in [1.807, 2.05) is 25.1 Å². The normalized spacial score (nSPS) is 21.3. The molecule has 0 unspecified atom stereocenters. The Hall–Kier alpha value is -3.93. The van der Waals surface area contributed by atoms with Crippen LogP contribution in [0.3, 0.4) is 0 Å². The second kappa shape index (κ2) is 8.87. The van der Waals surface area contributed by atoms with Crippen LogP contribution in [0.1, 0.15) is 47.7 Å². The molecule has 0 radical (unpaired) electrons. The van der Waals surface area contributed by atoms with Crippen LogP contribution in [0.4, 0.5) is 4.39 Å². The molecule has 6 rings (SSSR count). The summed E-state index contributed by atoms with van der Waals surface area (Å²) in [6.07, 6.45) is 1.52. The minimum Gasteiger partial charge on any atom is -0.356 e. The predicted molar refractivity (Wildman–Crippen MR) is 142 cm³/mol. The second-order valence-corrected chi connectivity index (χ2v) is 10.3. The monoisotopic (exact) mass is 495 g/mol. The van der Waals surface area contributed by atoms with Crippen molar-refractivity contribution >= 4 is 22.7 Å². The number of H-pyrrole nitrogens is 1. The number of carbonyl (C=O) groups is 2. The van der Waals surface area contributed by atoms with Crippen LogP contribution in [0.25, 0.3) is 10.9 Å². The van der Waals surface area contributed by atoms with Gasteiger partial charge in [-0.25, -0.2) is 4.39 Å². The molecule has 1 aromatic heterocycles. The van der Waals surface area contributed by atoms with Gasteiger partial charge in [-0.1, -0.05) is 61.5 Å². The lowest BCUT2D eigenvalue weighted by atomic mass is 9.76. The molecule has 2 amide bonds. The number of nitrogens with one attached hydrogen (secondary N) is 1. The zero-order chi connectivity index (χ0) is 25.7. The van der Waals surface area contributed by atoms with Gasteiger partial charge in [0.15, 0.2) is 5.54 Å². The van der Waals surface area contributed by atoms with Gasteiger partial charge in [0, 0.05) is 29.9 Å². The quantitative estimate of drug-likeness (QED) is 0.417. The minimum absolute atomic E-state index is 0.0346. The van der Waals surface area contributed by atoms with Crippen molar-refractivity contribution in [3.05, 3.63) is 107 Å². The molecule has 1 saturated heterocycles. The van der Waals surface area contributed by atoms with Crippen LogP contribution in [-0.4, -0.2) is 46.2 Å². The molecule has 1 fully saturated rings. The Bertz CT molecular complexity index is 1490. The fraction of sp³-hybridized carbons (Fsp3) is 0.290. The van der Waals surface area contributed by atoms with Crippen LogP contribution in [0.5, 0.6) is 0 Å². The summed E-state index contributed by atoms with van der Waals surface area (Å²) in [4.78, 5) is 34.7. The SMILES string of the molecule is CCc1ccc([C@H]2CN3C(=O)CN(CCc4ccc(F)cc4)C(=O)[C@]3(C)c3[nH]c4ccccc4c32)cc1. The van der Waals surface area contributed by atoms with Crippen molar-refractivity contribution in [2.45, 2.75) is 38.1 Å². The van der Waals surface area contributed by atoms with E-state index >= 15 is 0 Å². The summed E-state index contributed by atoms with van der Waals surface area (Å²) in [5.41, 5.74) is 5.09. The standard InChI is InChI=1S/C31H30FN3O2/c1-3-20-8-12-22(13-9-20)25-18-35-27(36)19-34(17-16-21-10-14-23(32)15-11-21)30(37)31(35,2)29-28(25)24-6-4-5-7-26(24)33-29/h4-15,25,33H,3,16-19H2,1-2H3/t25-,31+/m1/s1. The summed E-state index contributed by atoms with van der Waals surface area (Å²) in [5, 5.41) is 1.09. The minimum atomic E-state index is -1.12. The van der Waals surface area contributed by atoms with E-state index in [2.05, 4.69) is 42.2 Å². The maximum atomic E-state index is 14.1. The maximum absolute atomic E-state index is 14.1. The van der Waals surface area contributed by atoms with Gasteiger partial charge in [-0.2, -0.15) is 0 Å². The highest BCUT2D eigenvalue weighted by molar-refractivity contribution is 6.01. The third kappa shape index (κ3) is 3.74. The predicted octanol–water partition coefficient (Wildman–Crippen LogP) is 5.14. The van der Waals surface area contributed by atoms with Crippen LogP contribution in [-0.2, 0) is 28.0 Å². The zero-order valence-corrected chi connectivity index (χ0v) is 21.1. The average Bonchev–Trinajstić information content (AvgIpc) is 3.32. The number of aromatic nitrogens is 1. The van der Waals surface area contributed by atoms with Gasteiger partial charge in [-0.15, -0.1) is 0 Å². The maximum Gasteiger partial charge on any atom is 0.254 e. The molecule has 0 spiro atoms. The Balaban J connectivity index is 1.42. The van der Waals surface area contributed by atoms with Crippen molar-refractivity contribution in [2.75, 3.05) is 19.6 Å². The van der Waals surface area contributed by atoms with E-state index in [4.69, 9.17) is 0 Å². The number of benzene rings is 3. The molecule has 0 aliphatic carbocycles. The van der Waals surface area contributed by atoms with Gasteiger partial charge in [0.1, 0.15) is 5.82 Å². The van der Waals surface area contributed by atoms with Crippen molar-refractivity contribution in [1.82, 2.24) is 14.8 Å². The van der Waals surface area contributed by atoms with Crippen LogP contribution in [0.2, 0.25) is 0 Å². The van der Waals surface area contributed by atoms with Crippen molar-refractivity contribution in [1.29, 1.82) is 0 Å². The van der Waals surface area contributed by atoms with Gasteiger partial charge in [0.2, 0.25) is 5.91 Å². The lowest BCUT2D eigenvalue weighted by Crippen LogP contribution is -2.67. The van der Waals surface area contributed by atoms with Gasteiger partial charge >= 0.3 is 0 Å². The highest BCUT2D eigenvalue weighted by atomic mass is 19.1. The van der Waals surface area contributed by atoms with E-state index < -0.39 is 5.54 Å². The fourth-order valence-corrected chi connectivity index (χ4v) is 6.06. The lowest BCUT2D eigenvalue weighted by Gasteiger charge is -2.51. The topological polar surface area (TPSA) is 56.4 Å². The summed E-state index contributed by atoms with van der Waals surface area (Å²) in [6.45, 7) is 4.91. The number of hydrogen-bond acceptors (Lipinski definition) is 2. The highest BCUT2D eigenvalue weighted by Gasteiger charge is 2.56. The Morgan fingerprint density at radius 2 is 1.68 bits per heavy atom. The Morgan fingerprint density at radius 3 is 2.41 bits per heavy atom. The number of halogens is 1. The van der Waals surface area contributed by atoms with Crippen LogP contribution < -0.4 is 0 Å². The molecule has 0 bridgehead atoms. The number of fused-ring (bicyclic) bond motifs is 5. The third-order valence-electron chi connectivity index (χ3n) is 8.19. The van der Waals surface area contributed by atoms with Gasteiger partial charge in [0.05, 0.1) is 12.2 Å². The van der Waals surface area contributed by atoms with Crippen LogP contribution in [0.15, 0.2) is 72.8 Å². The molecule has 2 aliphatic heterocycles. The molecular formula is C31H30FN3O2. The largest absolute Gasteiger partial charge is 0.356 e. The number of para-hydroxylation sites is 1. The first-order valence-electron chi connectivity index (χ1n) is 12.9. The first-order valence-corrected chi connectivity index (χ1v) is 12.9. The fourth-order valence-electron chi connectivity index (χ4n) is 6.06. The Labute approximate surface area is 215 Å². The van der Waals surface area contributed by atoms with E-state index in [0.717, 1.165) is 39.7 Å². The Kier molecular flexibility index (Phi) is 5.63. The Morgan fingerprint density at radius 1 is 0.973 bits per heavy atom. The summed E-state index contributed by atoms with van der Waals surface area (Å²) < 4.78 is 13.3. The molecule has 1 N–H and O–H groups in total. The van der Waals surface area contributed by atoms with Crippen molar-refractivity contribution in [2.24, 2.45) is 0 Å². The summed E-state index contributed by atoms with van der Waals surface area (Å²) in [5.74, 6) is -0.460. The van der Waals surface area contributed by atoms with Crippen molar-refractivity contribution < 1.29 is 14.0 Å². The number of carbonyl (C=O) groups excluding carboxylic acids is 2. The molecule has 5 nitrogen and oxygen atoms in total.